The standard InChI is InChI=1S/C23H19N3O2/c1-28-20-8-4-6-17(12-20)21-13-18(22-9-2-3-11-25-22)15-26(23(21)16-27)19-7-5-10-24-14-19/h2-16,23H,1H3. The van der Waals surface area contributed by atoms with Crippen LogP contribution in [0.15, 0.2) is 85.5 Å². The molecule has 0 N–H and O–H groups in total. The third-order valence-corrected chi connectivity index (χ3v) is 4.64. The van der Waals surface area contributed by atoms with Crippen molar-refractivity contribution >= 4 is 23.1 Å². The summed E-state index contributed by atoms with van der Waals surface area (Å²) in [6.07, 6.45) is 10.1. The van der Waals surface area contributed by atoms with Gasteiger partial charge in [-0.2, -0.15) is 0 Å². The molecule has 0 fully saturated rings. The van der Waals surface area contributed by atoms with E-state index in [-0.39, 0.29) is 0 Å². The van der Waals surface area contributed by atoms with Crippen molar-refractivity contribution in [3.63, 3.8) is 0 Å². The van der Waals surface area contributed by atoms with Crippen molar-refractivity contribution in [1.82, 2.24) is 9.97 Å². The summed E-state index contributed by atoms with van der Waals surface area (Å²) in [5.74, 6) is 0.741. The Labute approximate surface area is 163 Å². The fraction of sp³-hybridized carbons (Fsp3) is 0.0870. The second-order valence-electron chi connectivity index (χ2n) is 6.33. The van der Waals surface area contributed by atoms with E-state index in [1.807, 2.05) is 71.8 Å². The fourth-order valence-electron chi connectivity index (χ4n) is 3.28. The van der Waals surface area contributed by atoms with E-state index in [9.17, 15) is 4.79 Å². The third kappa shape index (κ3) is 3.42. The van der Waals surface area contributed by atoms with Gasteiger partial charge >= 0.3 is 0 Å². The van der Waals surface area contributed by atoms with Gasteiger partial charge in [-0.1, -0.05) is 18.2 Å². The summed E-state index contributed by atoms with van der Waals surface area (Å²) >= 11 is 0. The molecular formula is C23H19N3O2. The molecule has 1 aliphatic rings. The lowest BCUT2D eigenvalue weighted by Crippen LogP contribution is -2.35. The molecule has 138 valence electrons. The maximum Gasteiger partial charge on any atom is 0.147 e. The molecule has 0 radical (unpaired) electrons. The summed E-state index contributed by atoms with van der Waals surface area (Å²) in [5, 5.41) is 0. The minimum absolute atomic E-state index is 0.483. The largest absolute Gasteiger partial charge is 0.497 e. The first kappa shape index (κ1) is 17.7. The summed E-state index contributed by atoms with van der Waals surface area (Å²) in [6.45, 7) is 0. The first-order valence-corrected chi connectivity index (χ1v) is 8.93. The van der Waals surface area contributed by atoms with Crippen LogP contribution in [0, 0.1) is 0 Å². The summed E-state index contributed by atoms with van der Waals surface area (Å²) in [5.41, 5.74) is 4.39. The van der Waals surface area contributed by atoms with Crippen molar-refractivity contribution in [1.29, 1.82) is 0 Å². The van der Waals surface area contributed by atoms with E-state index >= 15 is 0 Å². The number of anilines is 1. The molecule has 5 heteroatoms. The number of ether oxygens (including phenoxy) is 1. The predicted molar refractivity (Wildman–Crippen MR) is 110 cm³/mol. The van der Waals surface area contributed by atoms with Crippen molar-refractivity contribution in [3.05, 3.63) is 96.7 Å². The molecule has 5 nitrogen and oxygen atoms in total. The van der Waals surface area contributed by atoms with E-state index in [4.69, 9.17) is 4.74 Å². The number of allylic oxidation sites excluding steroid dienone is 2. The molecule has 4 rings (SSSR count). The van der Waals surface area contributed by atoms with Gasteiger partial charge in [0, 0.05) is 24.2 Å². The van der Waals surface area contributed by atoms with Crippen LogP contribution in [0.1, 0.15) is 11.3 Å². The van der Waals surface area contributed by atoms with Crippen molar-refractivity contribution < 1.29 is 9.53 Å². The Bertz CT molecular complexity index is 1030. The normalized spacial score (nSPS) is 16.2. The lowest BCUT2D eigenvalue weighted by molar-refractivity contribution is -0.107. The monoisotopic (exact) mass is 369 g/mol. The highest BCUT2D eigenvalue weighted by molar-refractivity contribution is 5.98. The van der Waals surface area contributed by atoms with Gasteiger partial charge in [0.15, 0.2) is 0 Å². The molecule has 0 saturated heterocycles. The number of rotatable bonds is 5. The Balaban J connectivity index is 1.88. The molecular weight excluding hydrogens is 350 g/mol. The lowest BCUT2D eigenvalue weighted by atomic mass is 9.91. The predicted octanol–water partition coefficient (Wildman–Crippen LogP) is 4.00. The van der Waals surface area contributed by atoms with Gasteiger partial charge in [-0.25, -0.2) is 0 Å². The topological polar surface area (TPSA) is 55.3 Å². The zero-order valence-corrected chi connectivity index (χ0v) is 15.4. The van der Waals surface area contributed by atoms with Crippen LogP contribution in [0.25, 0.3) is 11.1 Å². The number of pyridine rings is 2. The van der Waals surface area contributed by atoms with Gasteiger partial charge in [0.1, 0.15) is 18.1 Å². The maximum atomic E-state index is 12.1. The second-order valence-corrected chi connectivity index (χ2v) is 6.33. The van der Waals surface area contributed by atoms with Crippen LogP contribution in [0.4, 0.5) is 5.69 Å². The minimum Gasteiger partial charge on any atom is -0.497 e. The molecule has 1 unspecified atom stereocenters. The number of carbonyl (C=O) groups is 1. The Morgan fingerprint density at radius 1 is 1.07 bits per heavy atom. The number of benzene rings is 1. The molecule has 1 aliphatic heterocycles. The fourth-order valence-corrected chi connectivity index (χ4v) is 3.28. The molecule has 1 atom stereocenters. The SMILES string of the molecule is COc1cccc(C2=CC(c3ccccn3)=CN(c3cccnc3)C2C=O)c1. The molecule has 1 aromatic carbocycles. The number of nitrogens with zero attached hydrogens (tertiary/aromatic N) is 3. The highest BCUT2D eigenvalue weighted by Crippen LogP contribution is 2.35. The highest BCUT2D eigenvalue weighted by atomic mass is 16.5. The van der Waals surface area contributed by atoms with Crippen LogP contribution in [-0.2, 0) is 4.79 Å². The number of carbonyl (C=O) groups excluding carboxylic acids is 1. The number of hydrogen-bond donors (Lipinski definition) is 0. The van der Waals surface area contributed by atoms with E-state index in [0.717, 1.165) is 40.1 Å². The van der Waals surface area contributed by atoms with E-state index in [1.54, 1.807) is 25.7 Å². The average Bonchev–Trinajstić information content (AvgIpc) is 2.79. The van der Waals surface area contributed by atoms with Gasteiger partial charge in [0.25, 0.3) is 0 Å². The van der Waals surface area contributed by atoms with Crippen molar-refractivity contribution in [3.8, 4) is 5.75 Å². The molecule has 2 aromatic heterocycles. The van der Waals surface area contributed by atoms with Gasteiger partial charge in [0.05, 0.1) is 24.7 Å². The molecule has 3 heterocycles. The molecule has 28 heavy (non-hydrogen) atoms. The quantitative estimate of drug-likeness (QED) is 0.637. The van der Waals surface area contributed by atoms with Crippen molar-refractivity contribution in [2.75, 3.05) is 12.0 Å². The summed E-state index contributed by atoms with van der Waals surface area (Å²) in [7, 11) is 1.63. The van der Waals surface area contributed by atoms with E-state index in [2.05, 4.69) is 9.97 Å². The number of aldehydes is 1. The number of aromatic nitrogens is 2. The number of methoxy groups -OCH3 is 1. The molecule has 0 aliphatic carbocycles. The van der Waals surface area contributed by atoms with Crippen molar-refractivity contribution in [2.24, 2.45) is 0 Å². The zero-order chi connectivity index (χ0) is 19.3. The Morgan fingerprint density at radius 3 is 2.71 bits per heavy atom. The molecule has 0 bridgehead atoms. The van der Waals surface area contributed by atoms with Gasteiger partial charge in [-0.3, -0.25) is 9.97 Å². The molecule has 3 aromatic rings. The minimum atomic E-state index is -0.483. The third-order valence-electron chi connectivity index (χ3n) is 4.64. The van der Waals surface area contributed by atoms with Gasteiger partial charge in [0.2, 0.25) is 0 Å². The van der Waals surface area contributed by atoms with Crippen LogP contribution < -0.4 is 9.64 Å². The molecule has 0 saturated carbocycles. The van der Waals surface area contributed by atoms with Gasteiger partial charge in [-0.15, -0.1) is 0 Å². The van der Waals surface area contributed by atoms with Crippen LogP contribution in [0.5, 0.6) is 5.75 Å². The van der Waals surface area contributed by atoms with E-state index < -0.39 is 6.04 Å². The first-order chi connectivity index (χ1) is 13.8. The van der Waals surface area contributed by atoms with Gasteiger partial charge < -0.3 is 14.4 Å². The van der Waals surface area contributed by atoms with E-state index in [0.29, 0.717) is 0 Å². The van der Waals surface area contributed by atoms with E-state index in [1.165, 1.54) is 0 Å². The first-order valence-electron chi connectivity index (χ1n) is 8.93. The molecule has 0 amide bonds. The summed E-state index contributed by atoms with van der Waals surface area (Å²) in [6, 6.07) is 16.8. The van der Waals surface area contributed by atoms with Crippen molar-refractivity contribution in [2.45, 2.75) is 6.04 Å². The maximum absolute atomic E-state index is 12.1. The van der Waals surface area contributed by atoms with Crippen LogP contribution in [0.3, 0.4) is 0 Å². The Morgan fingerprint density at radius 2 is 2.00 bits per heavy atom. The van der Waals surface area contributed by atoms with Crippen LogP contribution in [0.2, 0.25) is 0 Å². The molecule has 0 spiro atoms. The average molecular weight is 369 g/mol. The smallest absolute Gasteiger partial charge is 0.147 e. The van der Waals surface area contributed by atoms with Gasteiger partial charge in [-0.05, 0) is 53.6 Å². The Kier molecular flexibility index (Phi) is 4.97. The zero-order valence-electron chi connectivity index (χ0n) is 15.4. The second kappa shape index (κ2) is 7.88. The Hall–Kier alpha value is -3.73. The lowest BCUT2D eigenvalue weighted by Gasteiger charge is -2.33. The number of hydrogen-bond acceptors (Lipinski definition) is 5. The highest BCUT2D eigenvalue weighted by Gasteiger charge is 2.27. The van der Waals surface area contributed by atoms with Crippen LogP contribution >= 0.6 is 0 Å². The van der Waals surface area contributed by atoms with Crippen LogP contribution in [-0.4, -0.2) is 29.4 Å². The summed E-state index contributed by atoms with van der Waals surface area (Å²) < 4.78 is 5.37. The summed E-state index contributed by atoms with van der Waals surface area (Å²) in [4.78, 5) is 22.8.